The van der Waals surface area contributed by atoms with Crippen molar-refractivity contribution < 1.29 is 0 Å². The second-order valence-electron chi connectivity index (χ2n) is 3.61. The lowest BCUT2D eigenvalue weighted by Crippen LogP contribution is -2.06. The van der Waals surface area contributed by atoms with Crippen molar-refractivity contribution in [3.05, 3.63) is 48.4 Å². The van der Waals surface area contributed by atoms with Crippen LogP contribution in [0.3, 0.4) is 0 Å². The van der Waals surface area contributed by atoms with Crippen molar-refractivity contribution in [1.82, 2.24) is 0 Å². The Bertz CT molecular complexity index is 226. The zero-order chi connectivity index (χ0) is 10.3. The van der Waals surface area contributed by atoms with Gasteiger partial charge in [0.1, 0.15) is 0 Å². The van der Waals surface area contributed by atoms with Crippen LogP contribution in [-0.2, 0) is 0 Å². The SMILES string of the molecule is C=C/C=C\C(=C/C=C)SC(C)(C)C. The molecule has 0 aliphatic carbocycles. The fraction of sp³-hybridized carbons (Fsp3) is 0.333. The minimum atomic E-state index is 0.236. The van der Waals surface area contributed by atoms with Gasteiger partial charge in [0.2, 0.25) is 0 Å². The molecule has 0 aromatic carbocycles. The van der Waals surface area contributed by atoms with Gasteiger partial charge in [-0.05, 0) is 12.2 Å². The van der Waals surface area contributed by atoms with Crippen LogP contribution in [0, 0.1) is 0 Å². The topological polar surface area (TPSA) is 0 Å². The van der Waals surface area contributed by atoms with Crippen LogP contribution in [0.25, 0.3) is 0 Å². The fourth-order valence-corrected chi connectivity index (χ4v) is 1.77. The van der Waals surface area contributed by atoms with Gasteiger partial charge in [0.25, 0.3) is 0 Å². The number of allylic oxidation sites excluding steroid dienone is 5. The quantitative estimate of drug-likeness (QED) is 0.600. The Labute approximate surface area is 86.1 Å². The summed E-state index contributed by atoms with van der Waals surface area (Å²) in [6, 6.07) is 0. The van der Waals surface area contributed by atoms with Crippen LogP contribution >= 0.6 is 11.8 Å². The first-order valence-corrected chi connectivity index (χ1v) is 5.12. The van der Waals surface area contributed by atoms with Crippen molar-refractivity contribution in [3.63, 3.8) is 0 Å². The van der Waals surface area contributed by atoms with E-state index in [9.17, 15) is 0 Å². The van der Waals surface area contributed by atoms with E-state index in [0.29, 0.717) is 0 Å². The van der Waals surface area contributed by atoms with E-state index in [1.165, 1.54) is 4.91 Å². The number of thioether (sulfide) groups is 1. The molecule has 0 unspecified atom stereocenters. The van der Waals surface area contributed by atoms with Crippen LogP contribution in [-0.4, -0.2) is 4.75 Å². The average molecular weight is 194 g/mol. The Morgan fingerprint density at radius 2 is 1.77 bits per heavy atom. The summed E-state index contributed by atoms with van der Waals surface area (Å²) in [6.45, 7) is 13.9. The molecule has 0 N–H and O–H groups in total. The Balaban J connectivity index is 4.45. The molecule has 0 aromatic rings. The Morgan fingerprint density at radius 3 is 2.15 bits per heavy atom. The molecule has 0 heterocycles. The third-order valence-electron chi connectivity index (χ3n) is 1.10. The summed E-state index contributed by atoms with van der Waals surface area (Å²) in [7, 11) is 0. The molecule has 0 nitrogen and oxygen atoms in total. The van der Waals surface area contributed by atoms with Gasteiger partial charge in [-0.25, -0.2) is 0 Å². The monoisotopic (exact) mass is 194 g/mol. The molecule has 1 heteroatoms. The predicted molar refractivity (Wildman–Crippen MR) is 65.0 cm³/mol. The van der Waals surface area contributed by atoms with Gasteiger partial charge in [0.05, 0.1) is 0 Å². The average Bonchev–Trinajstić information content (AvgIpc) is 1.98. The first-order valence-electron chi connectivity index (χ1n) is 4.30. The Kier molecular flexibility index (Phi) is 5.56. The molecule has 0 aliphatic heterocycles. The molecule has 0 rings (SSSR count). The fourth-order valence-electron chi connectivity index (χ4n) is 0.756. The van der Waals surface area contributed by atoms with Gasteiger partial charge in [0, 0.05) is 9.65 Å². The summed E-state index contributed by atoms with van der Waals surface area (Å²) >= 11 is 1.82. The molecule has 0 saturated heterocycles. The second-order valence-corrected chi connectivity index (χ2v) is 5.51. The summed E-state index contributed by atoms with van der Waals surface area (Å²) < 4.78 is 0.236. The molecular weight excluding hydrogens is 176 g/mol. The van der Waals surface area contributed by atoms with Gasteiger partial charge < -0.3 is 0 Å². The Morgan fingerprint density at radius 1 is 1.15 bits per heavy atom. The highest BCUT2D eigenvalue weighted by atomic mass is 32.2. The summed E-state index contributed by atoms with van der Waals surface area (Å²) in [5.41, 5.74) is 0. The maximum Gasteiger partial charge on any atom is 0.0122 e. The van der Waals surface area contributed by atoms with Crippen LogP contribution in [0.4, 0.5) is 0 Å². The smallest absolute Gasteiger partial charge is 0.0122 e. The number of rotatable bonds is 4. The van der Waals surface area contributed by atoms with Crippen LogP contribution in [0.2, 0.25) is 0 Å². The summed E-state index contributed by atoms with van der Waals surface area (Å²) in [5, 5.41) is 0. The van der Waals surface area contributed by atoms with E-state index in [1.807, 2.05) is 36.1 Å². The zero-order valence-corrected chi connectivity index (χ0v) is 9.53. The first kappa shape index (κ1) is 12.3. The summed E-state index contributed by atoms with van der Waals surface area (Å²) in [4.78, 5) is 1.21. The Hall–Kier alpha value is -0.690. The van der Waals surface area contributed by atoms with Gasteiger partial charge in [-0.3, -0.25) is 0 Å². The summed E-state index contributed by atoms with van der Waals surface area (Å²) in [6.07, 6.45) is 9.58. The molecule has 72 valence electrons. The van der Waals surface area contributed by atoms with Gasteiger partial charge in [-0.15, -0.1) is 11.8 Å². The highest BCUT2D eigenvalue weighted by molar-refractivity contribution is 8.04. The van der Waals surface area contributed by atoms with Crippen molar-refractivity contribution >= 4 is 11.8 Å². The lowest BCUT2D eigenvalue weighted by Gasteiger charge is -2.17. The zero-order valence-electron chi connectivity index (χ0n) is 8.71. The molecule has 0 spiro atoms. The highest BCUT2D eigenvalue weighted by Crippen LogP contribution is 2.31. The van der Waals surface area contributed by atoms with Crippen LogP contribution in [0.15, 0.2) is 48.4 Å². The third kappa shape index (κ3) is 7.66. The summed E-state index contributed by atoms with van der Waals surface area (Å²) in [5.74, 6) is 0. The molecule has 0 radical (unpaired) electrons. The van der Waals surface area contributed by atoms with E-state index in [-0.39, 0.29) is 4.75 Å². The predicted octanol–water partition coefficient (Wildman–Crippen LogP) is 4.33. The minimum absolute atomic E-state index is 0.236. The maximum atomic E-state index is 3.69. The van der Waals surface area contributed by atoms with Crippen molar-refractivity contribution in [2.24, 2.45) is 0 Å². The van der Waals surface area contributed by atoms with Gasteiger partial charge in [-0.2, -0.15) is 0 Å². The van der Waals surface area contributed by atoms with E-state index >= 15 is 0 Å². The van der Waals surface area contributed by atoms with Gasteiger partial charge in [-0.1, -0.05) is 52.2 Å². The molecule has 0 fully saturated rings. The molecular formula is C12H18S. The largest absolute Gasteiger partial charge is 0.120 e. The third-order valence-corrected chi connectivity index (χ3v) is 2.22. The standard InChI is InChI=1S/C12H18S/c1-6-8-10-11(9-7-2)13-12(3,4)5/h6-10H,1-2H2,3-5H3/b10-8-,11-9+. The van der Waals surface area contributed by atoms with Crippen LogP contribution in [0.1, 0.15) is 20.8 Å². The van der Waals surface area contributed by atoms with Crippen LogP contribution in [0.5, 0.6) is 0 Å². The molecule has 0 aromatic heterocycles. The number of hydrogen-bond donors (Lipinski definition) is 0. The minimum Gasteiger partial charge on any atom is -0.120 e. The molecule has 0 amide bonds. The van der Waals surface area contributed by atoms with Gasteiger partial charge in [0.15, 0.2) is 0 Å². The highest BCUT2D eigenvalue weighted by Gasteiger charge is 2.11. The van der Waals surface area contributed by atoms with Crippen molar-refractivity contribution in [3.8, 4) is 0 Å². The first-order chi connectivity index (χ1) is 5.99. The second kappa shape index (κ2) is 5.87. The lowest BCUT2D eigenvalue weighted by molar-refractivity contribution is 0.807. The van der Waals surface area contributed by atoms with Crippen molar-refractivity contribution in [2.45, 2.75) is 25.5 Å². The van der Waals surface area contributed by atoms with E-state index in [1.54, 1.807) is 6.08 Å². The van der Waals surface area contributed by atoms with E-state index in [0.717, 1.165) is 0 Å². The molecule has 13 heavy (non-hydrogen) atoms. The molecule has 0 bridgehead atoms. The normalized spacial score (nSPS) is 13.3. The number of hydrogen-bond acceptors (Lipinski definition) is 1. The van der Waals surface area contributed by atoms with Crippen molar-refractivity contribution in [2.75, 3.05) is 0 Å². The van der Waals surface area contributed by atoms with E-state index in [4.69, 9.17) is 0 Å². The van der Waals surface area contributed by atoms with E-state index in [2.05, 4.69) is 33.9 Å². The molecule has 0 atom stereocenters. The maximum absolute atomic E-state index is 3.69. The van der Waals surface area contributed by atoms with E-state index < -0.39 is 0 Å². The van der Waals surface area contributed by atoms with Gasteiger partial charge >= 0.3 is 0 Å². The molecule has 0 aliphatic rings. The van der Waals surface area contributed by atoms with Crippen LogP contribution < -0.4 is 0 Å². The molecule has 0 saturated carbocycles. The lowest BCUT2D eigenvalue weighted by atomic mass is 10.3. The van der Waals surface area contributed by atoms with Crippen molar-refractivity contribution in [1.29, 1.82) is 0 Å².